The van der Waals surface area contributed by atoms with E-state index in [1.54, 1.807) is 19.5 Å². The zero-order valence-electron chi connectivity index (χ0n) is 14.4. The fourth-order valence-electron chi connectivity index (χ4n) is 2.98. The van der Waals surface area contributed by atoms with Crippen LogP contribution in [0.25, 0.3) is 11.3 Å². The average molecular weight is 341 g/mol. The Kier molecular flexibility index (Phi) is 5.79. The van der Waals surface area contributed by atoms with Gasteiger partial charge in [-0.05, 0) is 24.3 Å². The molecule has 0 bridgehead atoms. The van der Waals surface area contributed by atoms with Crippen molar-refractivity contribution in [3.63, 3.8) is 0 Å². The second kappa shape index (κ2) is 8.43. The van der Waals surface area contributed by atoms with E-state index in [-0.39, 0.29) is 0 Å². The highest BCUT2D eigenvalue weighted by Crippen LogP contribution is 2.28. The number of amides is 1. The van der Waals surface area contributed by atoms with Crippen molar-refractivity contribution in [2.45, 2.75) is 0 Å². The first-order chi connectivity index (χ1) is 12.3. The first-order valence-corrected chi connectivity index (χ1v) is 8.41. The largest absolute Gasteiger partial charge is 0.497 e. The molecule has 3 rings (SSSR count). The van der Waals surface area contributed by atoms with E-state index in [0.29, 0.717) is 6.54 Å². The van der Waals surface area contributed by atoms with E-state index in [1.165, 1.54) is 0 Å². The minimum Gasteiger partial charge on any atom is -0.497 e. The summed E-state index contributed by atoms with van der Waals surface area (Å²) in [6.45, 7) is 5.23. The number of piperazine rings is 1. The number of carbonyl (C=O) groups is 1. The zero-order valence-corrected chi connectivity index (χ0v) is 14.4. The molecular weight excluding hydrogens is 318 g/mol. The van der Waals surface area contributed by atoms with Gasteiger partial charge in [0, 0.05) is 57.2 Å². The monoisotopic (exact) mass is 341 g/mol. The summed E-state index contributed by atoms with van der Waals surface area (Å²) >= 11 is 0. The minimum atomic E-state index is 0.686. The molecule has 25 heavy (non-hydrogen) atoms. The molecule has 1 fully saturated rings. The Morgan fingerprint density at radius 3 is 2.52 bits per heavy atom. The van der Waals surface area contributed by atoms with Crippen LogP contribution in [0, 0.1) is 0 Å². The fraction of sp³-hybridized carbons (Fsp3) is 0.389. The lowest BCUT2D eigenvalue weighted by atomic mass is 10.1. The lowest BCUT2D eigenvalue weighted by Crippen LogP contribution is -2.48. The smallest absolute Gasteiger partial charge is 0.207 e. The predicted molar refractivity (Wildman–Crippen MR) is 96.7 cm³/mol. The van der Waals surface area contributed by atoms with Crippen LogP contribution < -0.4 is 15.0 Å². The highest BCUT2D eigenvalue weighted by molar-refractivity contribution is 5.72. The number of nitrogens with one attached hydrogen (secondary N) is 1. The van der Waals surface area contributed by atoms with Gasteiger partial charge in [-0.25, -0.2) is 4.98 Å². The van der Waals surface area contributed by atoms with Gasteiger partial charge in [0.2, 0.25) is 6.41 Å². The van der Waals surface area contributed by atoms with Crippen LogP contribution in [0.15, 0.2) is 36.7 Å². The molecule has 1 aromatic carbocycles. The van der Waals surface area contributed by atoms with Crippen molar-refractivity contribution in [1.82, 2.24) is 20.2 Å². The number of ether oxygens (including phenoxy) is 1. The molecular formula is C18H23N5O2. The summed E-state index contributed by atoms with van der Waals surface area (Å²) in [6.07, 6.45) is 4.21. The summed E-state index contributed by atoms with van der Waals surface area (Å²) in [7, 11) is 1.66. The van der Waals surface area contributed by atoms with Crippen LogP contribution in [-0.4, -0.2) is 67.7 Å². The van der Waals surface area contributed by atoms with Gasteiger partial charge in [-0.1, -0.05) is 0 Å². The van der Waals surface area contributed by atoms with Crippen molar-refractivity contribution in [2.75, 3.05) is 51.3 Å². The number of aromatic nitrogens is 2. The molecule has 0 unspecified atom stereocenters. The summed E-state index contributed by atoms with van der Waals surface area (Å²) in [5.41, 5.74) is 1.92. The third-order valence-electron chi connectivity index (χ3n) is 4.37. The molecule has 0 radical (unpaired) electrons. The molecule has 1 aliphatic rings. The van der Waals surface area contributed by atoms with Gasteiger partial charge in [0.25, 0.3) is 0 Å². The van der Waals surface area contributed by atoms with Crippen molar-refractivity contribution in [3.8, 4) is 17.0 Å². The molecule has 1 N–H and O–H groups in total. The third kappa shape index (κ3) is 4.24. The summed E-state index contributed by atoms with van der Waals surface area (Å²) < 4.78 is 5.22. The van der Waals surface area contributed by atoms with Gasteiger partial charge in [-0.15, -0.1) is 0 Å². The first-order valence-electron chi connectivity index (χ1n) is 8.41. The normalized spacial score (nSPS) is 15.0. The van der Waals surface area contributed by atoms with Gasteiger partial charge in [0.15, 0.2) is 5.82 Å². The SMILES string of the molecule is COc1ccc(-c2nccnc2N2CCN(CCNC=O)CC2)cc1. The maximum absolute atomic E-state index is 10.3. The molecule has 132 valence electrons. The molecule has 0 atom stereocenters. The van der Waals surface area contributed by atoms with Gasteiger partial charge in [-0.3, -0.25) is 14.7 Å². The van der Waals surface area contributed by atoms with Gasteiger partial charge < -0.3 is 15.0 Å². The maximum atomic E-state index is 10.3. The number of rotatable bonds is 7. The fourth-order valence-corrected chi connectivity index (χ4v) is 2.98. The number of carbonyl (C=O) groups excluding carboxylic acids is 1. The molecule has 2 heterocycles. The van der Waals surface area contributed by atoms with E-state index in [1.807, 2.05) is 24.3 Å². The third-order valence-corrected chi connectivity index (χ3v) is 4.37. The van der Waals surface area contributed by atoms with Crippen LogP contribution in [0.2, 0.25) is 0 Å². The van der Waals surface area contributed by atoms with Crippen LogP contribution in [-0.2, 0) is 4.79 Å². The molecule has 0 spiro atoms. The summed E-state index contributed by atoms with van der Waals surface area (Å²) in [5.74, 6) is 1.74. The average Bonchev–Trinajstić information content (AvgIpc) is 2.69. The van der Waals surface area contributed by atoms with Crippen molar-refractivity contribution in [1.29, 1.82) is 0 Å². The number of benzene rings is 1. The first kappa shape index (κ1) is 17.2. The number of methoxy groups -OCH3 is 1. The Morgan fingerprint density at radius 2 is 1.84 bits per heavy atom. The van der Waals surface area contributed by atoms with E-state index >= 15 is 0 Å². The van der Waals surface area contributed by atoms with E-state index in [2.05, 4.69) is 25.1 Å². The Labute approximate surface area is 147 Å². The molecule has 1 saturated heterocycles. The van der Waals surface area contributed by atoms with E-state index in [9.17, 15) is 4.79 Å². The Morgan fingerprint density at radius 1 is 1.12 bits per heavy atom. The number of nitrogens with zero attached hydrogens (tertiary/aromatic N) is 4. The Balaban J connectivity index is 1.70. The van der Waals surface area contributed by atoms with Gasteiger partial charge in [0.05, 0.1) is 7.11 Å². The molecule has 0 aliphatic carbocycles. The lowest BCUT2D eigenvalue weighted by molar-refractivity contribution is -0.109. The number of hydrogen-bond acceptors (Lipinski definition) is 6. The van der Waals surface area contributed by atoms with Crippen molar-refractivity contribution in [2.24, 2.45) is 0 Å². The van der Waals surface area contributed by atoms with Crippen molar-refractivity contribution >= 4 is 12.2 Å². The molecule has 1 aliphatic heterocycles. The van der Waals surface area contributed by atoms with Gasteiger partial charge in [-0.2, -0.15) is 0 Å². The van der Waals surface area contributed by atoms with E-state index in [4.69, 9.17) is 4.74 Å². The molecule has 7 heteroatoms. The second-order valence-electron chi connectivity index (χ2n) is 5.86. The summed E-state index contributed by atoms with van der Waals surface area (Å²) in [4.78, 5) is 24.1. The lowest BCUT2D eigenvalue weighted by Gasteiger charge is -2.35. The number of hydrogen-bond donors (Lipinski definition) is 1. The van der Waals surface area contributed by atoms with Crippen molar-refractivity contribution in [3.05, 3.63) is 36.7 Å². The standard InChI is InChI=1S/C18H23N5O2/c1-25-16-4-2-15(3-5-16)17-18(21-7-6-20-17)23-12-10-22(11-13-23)9-8-19-14-24/h2-7,14H,8-13H2,1H3,(H,19,24). The number of anilines is 1. The molecule has 1 aromatic heterocycles. The quantitative estimate of drug-likeness (QED) is 0.599. The van der Waals surface area contributed by atoms with Crippen LogP contribution >= 0.6 is 0 Å². The Bertz CT molecular complexity index is 684. The molecule has 1 amide bonds. The van der Waals surface area contributed by atoms with E-state index < -0.39 is 0 Å². The molecule has 0 saturated carbocycles. The summed E-state index contributed by atoms with van der Waals surface area (Å²) in [5, 5.41) is 2.71. The van der Waals surface area contributed by atoms with E-state index in [0.717, 1.165) is 62.0 Å². The topological polar surface area (TPSA) is 70.6 Å². The van der Waals surface area contributed by atoms with Crippen LogP contribution in [0.4, 0.5) is 5.82 Å². The van der Waals surface area contributed by atoms with Crippen LogP contribution in [0.5, 0.6) is 5.75 Å². The highest BCUT2D eigenvalue weighted by Gasteiger charge is 2.21. The van der Waals surface area contributed by atoms with Gasteiger partial charge >= 0.3 is 0 Å². The highest BCUT2D eigenvalue weighted by atomic mass is 16.5. The summed E-state index contributed by atoms with van der Waals surface area (Å²) in [6, 6.07) is 7.89. The van der Waals surface area contributed by atoms with Crippen molar-refractivity contribution < 1.29 is 9.53 Å². The minimum absolute atomic E-state index is 0.686. The van der Waals surface area contributed by atoms with Gasteiger partial charge in [0.1, 0.15) is 11.4 Å². The maximum Gasteiger partial charge on any atom is 0.207 e. The second-order valence-corrected chi connectivity index (χ2v) is 5.86. The molecule has 2 aromatic rings. The zero-order chi connectivity index (χ0) is 17.5. The van der Waals surface area contributed by atoms with Crippen LogP contribution in [0.1, 0.15) is 0 Å². The molecule has 7 nitrogen and oxygen atoms in total. The van der Waals surface area contributed by atoms with Crippen LogP contribution in [0.3, 0.4) is 0 Å². The Hall–Kier alpha value is -2.67. The predicted octanol–water partition coefficient (Wildman–Crippen LogP) is 1.02.